The van der Waals surface area contributed by atoms with Crippen molar-refractivity contribution in [3.63, 3.8) is 0 Å². The van der Waals surface area contributed by atoms with E-state index in [0.717, 1.165) is 11.6 Å². The van der Waals surface area contributed by atoms with Gasteiger partial charge in [0.25, 0.3) is 0 Å². The Kier molecular flexibility index (Phi) is 5.08. The lowest BCUT2D eigenvalue weighted by Gasteiger charge is -2.20. The van der Waals surface area contributed by atoms with Crippen LogP contribution >= 0.6 is 11.8 Å². The standard InChI is InChI=1S/C10H19N3O2S/c1-7(2)12-9(14)4-13(3)10(15)8-5-16-6-11-8/h7-8,11H,4-6H2,1-3H3,(H,12,14). The van der Waals surface area contributed by atoms with E-state index < -0.39 is 0 Å². The number of hydrogen-bond acceptors (Lipinski definition) is 4. The Hall–Kier alpha value is -0.750. The minimum atomic E-state index is -0.137. The summed E-state index contributed by atoms with van der Waals surface area (Å²) in [6.45, 7) is 3.92. The number of carbonyl (C=O) groups excluding carboxylic acids is 2. The highest BCUT2D eigenvalue weighted by atomic mass is 32.2. The van der Waals surface area contributed by atoms with Crippen molar-refractivity contribution in [3.8, 4) is 0 Å². The van der Waals surface area contributed by atoms with Crippen LogP contribution in [-0.4, -0.2) is 54.0 Å². The van der Waals surface area contributed by atoms with Crippen LogP contribution in [0.25, 0.3) is 0 Å². The second kappa shape index (κ2) is 6.10. The molecular formula is C10H19N3O2S. The van der Waals surface area contributed by atoms with Gasteiger partial charge >= 0.3 is 0 Å². The molecule has 0 radical (unpaired) electrons. The molecule has 1 rings (SSSR count). The summed E-state index contributed by atoms with van der Waals surface area (Å²) in [5.74, 6) is 1.47. The first-order valence-electron chi connectivity index (χ1n) is 5.36. The molecule has 2 N–H and O–H groups in total. The molecule has 1 aliphatic rings. The topological polar surface area (TPSA) is 61.4 Å². The Morgan fingerprint density at radius 1 is 1.56 bits per heavy atom. The van der Waals surface area contributed by atoms with Crippen molar-refractivity contribution in [2.75, 3.05) is 25.2 Å². The summed E-state index contributed by atoms with van der Waals surface area (Å²) in [7, 11) is 1.66. The Bertz CT molecular complexity index is 265. The van der Waals surface area contributed by atoms with E-state index >= 15 is 0 Å². The average Bonchev–Trinajstić information content (AvgIpc) is 2.67. The Labute approximate surface area is 100 Å². The van der Waals surface area contributed by atoms with Gasteiger partial charge in [-0.25, -0.2) is 0 Å². The first-order chi connectivity index (χ1) is 7.50. The first kappa shape index (κ1) is 13.3. The fourth-order valence-corrected chi connectivity index (χ4v) is 2.41. The molecule has 1 atom stereocenters. The Morgan fingerprint density at radius 3 is 2.75 bits per heavy atom. The maximum absolute atomic E-state index is 11.8. The highest BCUT2D eigenvalue weighted by Gasteiger charge is 2.26. The van der Waals surface area contributed by atoms with E-state index in [1.54, 1.807) is 18.8 Å². The molecule has 6 heteroatoms. The van der Waals surface area contributed by atoms with E-state index in [0.29, 0.717) is 0 Å². The van der Waals surface area contributed by atoms with Gasteiger partial charge in [0.15, 0.2) is 0 Å². The van der Waals surface area contributed by atoms with E-state index in [9.17, 15) is 9.59 Å². The molecule has 0 aromatic carbocycles. The highest BCUT2D eigenvalue weighted by molar-refractivity contribution is 7.99. The van der Waals surface area contributed by atoms with Gasteiger partial charge in [-0.1, -0.05) is 0 Å². The van der Waals surface area contributed by atoms with Crippen LogP contribution in [-0.2, 0) is 9.59 Å². The lowest BCUT2D eigenvalue weighted by molar-refractivity contribution is -0.135. The SMILES string of the molecule is CC(C)NC(=O)CN(C)C(=O)C1CSCN1. The molecule has 2 amide bonds. The van der Waals surface area contributed by atoms with Gasteiger partial charge in [0.1, 0.15) is 0 Å². The molecule has 1 saturated heterocycles. The summed E-state index contributed by atoms with van der Waals surface area (Å²) in [6.07, 6.45) is 0. The van der Waals surface area contributed by atoms with Gasteiger partial charge in [-0.3, -0.25) is 14.9 Å². The third-order valence-corrected chi connectivity index (χ3v) is 3.16. The monoisotopic (exact) mass is 245 g/mol. The summed E-state index contributed by atoms with van der Waals surface area (Å²) in [5, 5.41) is 5.85. The van der Waals surface area contributed by atoms with Gasteiger partial charge in [0.2, 0.25) is 11.8 Å². The Morgan fingerprint density at radius 2 is 2.25 bits per heavy atom. The fourth-order valence-electron chi connectivity index (χ4n) is 1.48. The maximum atomic E-state index is 11.8. The predicted octanol–water partition coefficient (Wildman–Crippen LogP) is -0.368. The second-order valence-electron chi connectivity index (χ2n) is 4.19. The number of thioether (sulfide) groups is 1. The second-order valence-corrected chi connectivity index (χ2v) is 5.22. The van der Waals surface area contributed by atoms with Gasteiger partial charge in [-0.15, -0.1) is 11.8 Å². The largest absolute Gasteiger partial charge is 0.352 e. The summed E-state index contributed by atoms with van der Waals surface area (Å²) >= 11 is 1.70. The predicted molar refractivity (Wildman–Crippen MR) is 65.2 cm³/mol. The van der Waals surface area contributed by atoms with Crippen LogP contribution in [0.1, 0.15) is 13.8 Å². The normalized spacial score (nSPS) is 19.9. The van der Waals surface area contributed by atoms with Gasteiger partial charge in [-0.2, -0.15) is 0 Å². The molecular weight excluding hydrogens is 226 g/mol. The molecule has 1 aliphatic heterocycles. The van der Waals surface area contributed by atoms with Crippen LogP contribution in [0, 0.1) is 0 Å². The smallest absolute Gasteiger partial charge is 0.240 e. The number of likely N-dealkylation sites (N-methyl/N-ethyl adjacent to an activating group) is 1. The van der Waals surface area contributed by atoms with E-state index in [2.05, 4.69) is 10.6 Å². The summed E-state index contributed by atoms with van der Waals surface area (Å²) < 4.78 is 0. The molecule has 1 fully saturated rings. The number of nitrogens with one attached hydrogen (secondary N) is 2. The van der Waals surface area contributed by atoms with Gasteiger partial charge < -0.3 is 10.2 Å². The van der Waals surface area contributed by atoms with Crippen LogP contribution in [0.5, 0.6) is 0 Å². The third-order valence-electron chi connectivity index (χ3n) is 2.22. The maximum Gasteiger partial charge on any atom is 0.240 e. The molecule has 1 heterocycles. The zero-order valence-electron chi connectivity index (χ0n) is 9.95. The number of amides is 2. The van der Waals surface area contributed by atoms with Crippen LogP contribution in [0.15, 0.2) is 0 Å². The molecule has 92 valence electrons. The Balaban J connectivity index is 2.35. The molecule has 0 aromatic heterocycles. The molecule has 1 unspecified atom stereocenters. The van der Waals surface area contributed by atoms with Crippen LogP contribution in [0.2, 0.25) is 0 Å². The molecule has 0 bridgehead atoms. The van der Waals surface area contributed by atoms with Crippen molar-refractivity contribution in [1.29, 1.82) is 0 Å². The molecule has 5 nitrogen and oxygen atoms in total. The van der Waals surface area contributed by atoms with Crippen molar-refractivity contribution < 1.29 is 9.59 Å². The first-order valence-corrected chi connectivity index (χ1v) is 6.51. The lowest BCUT2D eigenvalue weighted by atomic mass is 10.3. The van der Waals surface area contributed by atoms with Crippen LogP contribution in [0.4, 0.5) is 0 Å². The van der Waals surface area contributed by atoms with Crippen LogP contribution < -0.4 is 10.6 Å². The summed E-state index contributed by atoms with van der Waals surface area (Å²) in [5.41, 5.74) is 0. The van der Waals surface area contributed by atoms with Gasteiger partial charge in [-0.05, 0) is 13.8 Å². The molecule has 0 aliphatic carbocycles. The average molecular weight is 245 g/mol. The van der Waals surface area contributed by atoms with E-state index in [4.69, 9.17) is 0 Å². The lowest BCUT2D eigenvalue weighted by Crippen LogP contribution is -2.47. The fraction of sp³-hybridized carbons (Fsp3) is 0.800. The zero-order valence-corrected chi connectivity index (χ0v) is 10.8. The number of hydrogen-bond donors (Lipinski definition) is 2. The van der Waals surface area contributed by atoms with E-state index in [-0.39, 0.29) is 30.4 Å². The van der Waals surface area contributed by atoms with Crippen molar-refractivity contribution in [2.24, 2.45) is 0 Å². The highest BCUT2D eigenvalue weighted by Crippen LogP contribution is 2.11. The number of nitrogens with zero attached hydrogens (tertiary/aromatic N) is 1. The molecule has 0 saturated carbocycles. The zero-order chi connectivity index (χ0) is 12.1. The quantitative estimate of drug-likeness (QED) is 0.709. The number of carbonyl (C=O) groups is 2. The van der Waals surface area contributed by atoms with E-state index in [1.807, 2.05) is 13.8 Å². The summed E-state index contributed by atoms with van der Waals surface area (Å²) in [6, 6.07) is -0.0296. The van der Waals surface area contributed by atoms with Crippen molar-refractivity contribution in [2.45, 2.75) is 25.9 Å². The minimum Gasteiger partial charge on any atom is -0.352 e. The third kappa shape index (κ3) is 4.02. The van der Waals surface area contributed by atoms with Crippen molar-refractivity contribution in [1.82, 2.24) is 15.5 Å². The van der Waals surface area contributed by atoms with Crippen LogP contribution in [0.3, 0.4) is 0 Å². The molecule has 0 spiro atoms. The minimum absolute atomic E-state index is 0.0103. The van der Waals surface area contributed by atoms with E-state index in [1.165, 1.54) is 4.90 Å². The number of rotatable bonds is 4. The molecule has 16 heavy (non-hydrogen) atoms. The van der Waals surface area contributed by atoms with Crippen molar-refractivity contribution >= 4 is 23.6 Å². The van der Waals surface area contributed by atoms with Crippen molar-refractivity contribution in [3.05, 3.63) is 0 Å². The van der Waals surface area contributed by atoms with Gasteiger partial charge in [0.05, 0.1) is 12.6 Å². The summed E-state index contributed by atoms with van der Waals surface area (Å²) in [4.78, 5) is 24.8. The van der Waals surface area contributed by atoms with Gasteiger partial charge in [0, 0.05) is 24.7 Å². The molecule has 0 aromatic rings.